The summed E-state index contributed by atoms with van der Waals surface area (Å²) in [6.07, 6.45) is 3.92. The number of halogens is 1. The Labute approximate surface area is 100 Å². The van der Waals surface area contributed by atoms with E-state index in [-0.39, 0.29) is 8.84 Å². The van der Waals surface area contributed by atoms with E-state index >= 15 is 0 Å². The molecule has 0 aliphatic carbocycles. The highest BCUT2D eigenvalue weighted by Gasteiger charge is 2.20. The molecule has 0 spiro atoms. The topological polar surface area (TPSA) is 12.9 Å². The molecule has 1 nitrogen and oxygen atoms in total. The van der Waals surface area contributed by atoms with Gasteiger partial charge in [-0.1, -0.05) is 49.4 Å². The molecule has 0 radical (unpaired) electrons. The summed E-state index contributed by atoms with van der Waals surface area (Å²) >= 11 is 2.45. The van der Waals surface area contributed by atoms with Crippen molar-refractivity contribution in [1.82, 2.24) is 4.98 Å². The number of alkyl halides is 1. The number of rotatable bonds is 1. The Hall–Kier alpha value is -0.120. The zero-order valence-corrected chi connectivity index (χ0v) is 11.7. The van der Waals surface area contributed by atoms with Gasteiger partial charge in [-0.05, 0) is 30.4 Å². The van der Waals surface area contributed by atoms with Crippen molar-refractivity contribution in [3.8, 4) is 0 Å². The molecule has 0 aromatic carbocycles. The van der Waals surface area contributed by atoms with Crippen LogP contribution < -0.4 is 0 Å². The Morgan fingerprint density at radius 1 is 1.00 bits per heavy atom. The van der Waals surface area contributed by atoms with Crippen LogP contribution in [0.4, 0.5) is 0 Å². The van der Waals surface area contributed by atoms with Crippen molar-refractivity contribution < 1.29 is 0 Å². The lowest BCUT2D eigenvalue weighted by molar-refractivity contribution is 0.585. The van der Waals surface area contributed by atoms with Crippen LogP contribution in [0.5, 0.6) is 0 Å². The van der Waals surface area contributed by atoms with E-state index in [4.69, 9.17) is 0 Å². The van der Waals surface area contributed by atoms with Crippen molar-refractivity contribution in [2.75, 3.05) is 0 Å². The maximum Gasteiger partial charge on any atom is 0.0429 e. The van der Waals surface area contributed by atoms with Gasteiger partial charge in [0.25, 0.3) is 0 Å². The first-order chi connectivity index (χ1) is 6.21. The van der Waals surface area contributed by atoms with Gasteiger partial charge in [0.1, 0.15) is 0 Å². The summed E-state index contributed by atoms with van der Waals surface area (Å²) < 4.78 is 0.159. The minimum Gasteiger partial charge on any atom is -0.264 e. The second kappa shape index (κ2) is 3.80. The summed E-state index contributed by atoms with van der Waals surface area (Å²) in [6.45, 7) is 11.1. The fourth-order valence-corrected chi connectivity index (χ4v) is 1.47. The first-order valence-corrected chi connectivity index (χ1v) is 5.94. The number of nitrogens with zero attached hydrogens (tertiary/aromatic N) is 1. The second-order valence-electron chi connectivity index (χ2n) is 5.18. The SMILES string of the molecule is CC(C)(C)c1cncc(C(C)(C)I)c1. The predicted molar refractivity (Wildman–Crippen MR) is 70.0 cm³/mol. The van der Waals surface area contributed by atoms with Crippen LogP contribution in [0.2, 0.25) is 0 Å². The second-order valence-corrected chi connectivity index (χ2v) is 7.88. The Bertz CT molecular complexity index is 289. The van der Waals surface area contributed by atoms with Crippen molar-refractivity contribution in [2.45, 2.75) is 43.5 Å². The summed E-state index contributed by atoms with van der Waals surface area (Å²) in [5.74, 6) is 0. The monoisotopic (exact) mass is 303 g/mol. The van der Waals surface area contributed by atoms with Crippen molar-refractivity contribution in [2.24, 2.45) is 0 Å². The molecule has 0 fully saturated rings. The summed E-state index contributed by atoms with van der Waals surface area (Å²) in [7, 11) is 0. The molecule has 0 bridgehead atoms. The molecule has 0 saturated heterocycles. The summed E-state index contributed by atoms with van der Waals surface area (Å²) in [5, 5.41) is 0. The number of hydrogen-bond donors (Lipinski definition) is 0. The summed E-state index contributed by atoms with van der Waals surface area (Å²) in [4.78, 5) is 4.31. The minimum atomic E-state index is 0.159. The number of aromatic nitrogens is 1. The third kappa shape index (κ3) is 2.94. The van der Waals surface area contributed by atoms with Gasteiger partial charge >= 0.3 is 0 Å². The van der Waals surface area contributed by atoms with E-state index in [1.807, 2.05) is 12.4 Å². The Morgan fingerprint density at radius 3 is 1.93 bits per heavy atom. The highest BCUT2D eigenvalue weighted by molar-refractivity contribution is 14.1. The first-order valence-electron chi connectivity index (χ1n) is 4.86. The average molecular weight is 303 g/mol. The van der Waals surface area contributed by atoms with E-state index in [0.717, 1.165) is 0 Å². The molecule has 0 amide bonds. The third-order valence-electron chi connectivity index (χ3n) is 2.29. The normalized spacial score (nSPS) is 13.0. The maximum absolute atomic E-state index is 4.31. The van der Waals surface area contributed by atoms with Gasteiger partial charge in [-0.3, -0.25) is 4.98 Å². The van der Waals surface area contributed by atoms with Gasteiger partial charge in [0.05, 0.1) is 0 Å². The van der Waals surface area contributed by atoms with E-state index in [9.17, 15) is 0 Å². The fourth-order valence-electron chi connectivity index (χ4n) is 1.18. The van der Waals surface area contributed by atoms with E-state index in [1.54, 1.807) is 0 Å². The highest BCUT2D eigenvalue weighted by atomic mass is 127. The molecular weight excluding hydrogens is 285 g/mol. The van der Waals surface area contributed by atoms with Crippen LogP contribution in [0.25, 0.3) is 0 Å². The molecular formula is C12H18IN. The molecule has 1 aromatic heterocycles. The molecule has 0 saturated carbocycles. The van der Waals surface area contributed by atoms with Crippen LogP contribution in [-0.2, 0) is 8.84 Å². The lowest BCUT2D eigenvalue weighted by atomic mass is 9.86. The van der Waals surface area contributed by atoms with Crippen LogP contribution in [-0.4, -0.2) is 4.98 Å². The molecule has 0 atom stereocenters. The zero-order valence-electron chi connectivity index (χ0n) is 9.56. The maximum atomic E-state index is 4.31. The van der Waals surface area contributed by atoms with Crippen molar-refractivity contribution in [3.05, 3.63) is 29.6 Å². The Morgan fingerprint density at radius 2 is 1.50 bits per heavy atom. The van der Waals surface area contributed by atoms with Crippen LogP contribution in [0.1, 0.15) is 45.7 Å². The van der Waals surface area contributed by atoms with Gasteiger partial charge < -0.3 is 0 Å². The molecule has 0 aliphatic rings. The molecule has 0 unspecified atom stereocenters. The summed E-state index contributed by atoms with van der Waals surface area (Å²) in [5.41, 5.74) is 2.79. The smallest absolute Gasteiger partial charge is 0.0429 e. The predicted octanol–water partition coefficient (Wildman–Crippen LogP) is 4.05. The van der Waals surface area contributed by atoms with Gasteiger partial charge in [0.2, 0.25) is 0 Å². The molecule has 1 aromatic rings. The van der Waals surface area contributed by atoms with Crippen LogP contribution in [0.3, 0.4) is 0 Å². The van der Waals surface area contributed by atoms with E-state index in [0.29, 0.717) is 0 Å². The Kier molecular flexibility index (Phi) is 3.24. The quantitative estimate of drug-likeness (QED) is 0.563. The first kappa shape index (κ1) is 12.0. The molecule has 14 heavy (non-hydrogen) atoms. The van der Waals surface area contributed by atoms with Crippen molar-refractivity contribution in [1.29, 1.82) is 0 Å². The van der Waals surface area contributed by atoms with Gasteiger partial charge in [0, 0.05) is 15.8 Å². The van der Waals surface area contributed by atoms with Gasteiger partial charge in [-0.15, -0.1) is 0 Å². The third-order valence-corrected chi connectivity index (χ3v) is 2.91. The molecule has 2 heteroatoms. The number of hydrogen-bond acceptors (Lipinski definition) is 1. The molecule has 1 rings (SSSR count). The van der Waals surface area contributed by atoms with Crippen molar-refractivity contribution in [3.63, 3.8) is 0 Å². The van der Waals surface area contributed by atoms with Crippen LogP contribution >= 0.6 is 22.6 Å². The molecule has 1 heterocycles. The minimum absolute atomic E-state index is 0.159. The van der Waals surface area contributed by atoms with E-state index < -0.39 is 0 Å². The van der Waals surface area contributed by atoms with E-state index in [1.165, 1.54) is 11.1 Å². The van der Waals surface area contributed by atoms with Gasteiger partial charge in [-0.25, -0.2) is 0 Å². The van der Waals surface area contributed by atoms with Crippen molar-refractivity contribution >= 4 is 22.6 Å². The van der Waals surface area contributed by atoms with Gasteiger partial charge in [-0.2, -0.15) is 0 Å². The molecule has 78 valence electrons. The largest absolute Gasteiger partial charge is 0.264 e. The van der Waals surface area contributed by atoms with Crippen LogP contribution in [0.15, 0.2) is 18.5 Å². The summed E-state index contributed by atoms with van der Waals surface area (Å²) in [6, 6.07) is 2.26. The average Bonchev–Trinajstić information content (AvgIpc) is 2.01. The molecule has 0 N–H and O–H groups in total. The molecule has 0 aliphatic heterocycles. The lowest BCUT2D eigenvalue weighted by Gasteiger charge is -2.22. The van der Waals surface area contributed by atoms with Gasteiger partial charge in [0.15, 0.2) is 0 Å². The standard InChI is InChI=1S/C12H18IN/c1-11(2,3)9-6-10(8-14-7-9)12(4,5)13/h6-8H,1-5H3. The fraction of sp³-hybridized carbons (Fsp3) is 0.583. The number of pyridine rings is 1. The lowest BCUT2D eigenvalue weighted by Crippen LogP contribution is -2.14. The highest BCUT2D eigenvalue weighted by Crippen LogP contribution is 2.32. The zero-order chi connectivity index (χ0) is 11.0. The van der Waals surface area contributed by atoms with Crippen LogP contribution in [0, 0.1) is 0 Å². The Balaban J connectivity index is 3.15. The van der Waals surface area contributed by atoms with E-state index in [2.05, 4.69) is 68.3 Å².